The highest BCUT2D eigenvalue weighted by Crippen LogP contribution is 2.21. The number of benzene rings is 1. The lowest BCUT2D eigenvalue weighted by atomic mass is 10.1. The van der Waals surface area contributed by atoms with Gasteiger partial charge in [0.15, 0.2) is 0 Å². The highest BCUT2D eigenvalue weighted by atomic mass is 16.5. The summed E-state index contributed by atoms with van der Waals surface area (Å²) in [4.78, 5) is 11.9. The Balaban J connectivity index is 1.43. The number of carbonyl (C=O) groups excluding carboxylic acids is 1. The lowest BCUT2D eigenvalue weighted by molar-refractivity contribution is -0.121. The molecule has 2 aromatic heterocycles. The minimum Gasteiger partial charge on any atom is -0.497 e. The van der Waals surface area contributed by atoms with Crippen LogP contribution in [0.2, 0.25) is 0 Å². The second kappa shape index (κ2) is 8.33. The Morgan fingerprint density at radius 1 is 1.19 bits per heavy atom. The van der Waals surface area contributed by atoms with Gasteiger partial charge in [-0.1, -0.05) is 12.1 Å². The quantitative estimate of drug-likeness (QED) is 0.675. The lowest BCUT2D eigenvalue weighted by Gasteiger charge is -2.04. The zero-order chi connectivity index (χ0) is 18.4. The topological polar surface area (TPSA) is 74.0 Å². The summed E-state index contributed by atoms with van der Waals surface area (Å²) < 4.78 is 8.76. The van der Waals surface area contributed by atoms with E-state index in [1.807, 2.05) is 60.7 Å². The van der Waals surface area contributed by atoms with Gasteiger partial charge in [-0.15, -0.1) is 0 Å². The fourth-order valence-corrected chi connectivity index (χ4v) is 2.66. The van der Waals surface area contributed by atoms with Gasteiger partial charge in [0.1, 0.15) is 5.75 Å². The van der Waals surface area contributed by atoms with Crippen LogP contribution in [0.25, 0.3) is 11.1 Å². The molecule has 0 aliphatic rings. The predicted molar refractivity (Wildman–Crippen MR) is 98.5 cm³/mol. The summed E-state index contributed by atoms with van der Waals surface area (Å²) in [6.07, 6.45) is 6.89. The molecule has 0 aliphatic carbocycles. The van der Waals surface area contributed by atoms with Gasteiger partial charge in [-0.3, -0.25) is 14.2 Å². The number of aromatic nitrogens is 4. The van der Waals surface area contributed by atoms with Gasteiger partial charge in [0, 0.05) is 38.0 Å². The molecule has 0 saturated carbocycles. The van der Waals surface area contributed by atoms with Crippen LogP contribution in [0.4, 0.5) is 0 Å². The second-order valence-electron chi connectivity index (χ2n) is 6.08. The van der Waals surface area contributed by atoms with Gasteiger partial charge < -0.3 is 10.1 Å². The summed E-state index contributed by atoms with van der Waals surface area (Å²) in [5, 5.41) is 11.5. The molecule has 0 spiro atoms. The third kappa shape index (κ3) is 4.72. The van der Waals surface area contributed by atoms with Crippen molar-refractivity contribution in [2.45, 2.75) is 25.9 Å². The number of carbonyl (C=O) groups is 1. The molecule has 0 unspecified atom stereocenters. The summed E-state index contributed by atoms with van der Waals surface area (Å²) in [5.74, 6) is 0.857. The first kappa shape index (κ1) is 17.7. The number of nitrogens with zero attached hydrogens (tertiary/aromatic N) is 4. The van der Waals surface area contributed by atoms with Crippen molar-refractivity contribution in [3.05, 3.63) is 54.6 Å². The van der Waals surface area contributed by atoms with Crippen LogP contribution in [-0.4, -0.2) is 32.6 Å². The van der Waals surface area contributed by atoms with E-state index in [4.69, 9.17) is 4.74 Å². The standard InChI is InChI=1S/C19H23N5O2/c1-23-11-9-17(22-23)13-20-19(25)4-3-10-24-14-16(12-21-24)15-5-7-18(26-2)8-6-15/h5-9,11-12,14H,3-4,10,13H2,1-2H3,(H,20,25). The van der Waals surface area contributed by atoms with E-state index >= 15 is 0 Å². The van der Waals surface area contributed by atoms with Crippen LogP contribution in [0, 0.1) is 0 Å². The van der Waals surface area contributed by atoms with E-state index < -0.39 is 0 Å². The van der Waals surface area contributed by atoms with Crippen molar-refractivity contribution in [1.29, 1.82) is 0 Å². The Hall–Kier alpha value is -3.09. The Kier molecular flexibility index (Phi) is 5.68. The summed E-state index contributed by atoms with van der Waals surface area (Å²) >= 11 is 0. The molecule has 1 aromatic carbocycles. The molecular weight excluding hydrogens is 330 g/mol. The maximum Gasteiger partial charge on any atom is 0.220 e. The number of nitrogens with one attached hydrogen (secondary N) is 1. The number of hydrogen-bond acceptors (Lipinski definition) is 4. The van der Waals surface area contributed by atoms with E-state index in [9.17, 15) is 4.79 Å². The molecule has 7 heteroatoms. The molecule has 0 radical (unpaired) electrons. The first-order valence-electron chi connectivity index (χ1n) is 8.56. The highest BCUT2D eigenvalue weighted by Gasteiger charge is 2.05. The van der Waals surface area contributed by atoms with Crippen molar-refractivity contribution in [2.75, 3.05) is 7.11 Å². The van der Waals surface area contributed by atoms with Gasteiger partial charge in [-0.05, 0) is 30.2 Å². The van der Waals surface area contributed by atoms with Gasteiger partial charge >= 0.3 is 0 Å². The third-order valence-corrected chi connectivity index (χ3v) is 4.08. The van der Waals surface area contributed by atoms with E-state index in [1.165, 1.54) is 0 Å². The second-order valence-corrected chi connectivity index (χ2v) is 6.08. The van der Waals surface area contributed by atoms with Crippen LogP contribution < -0.4 is 10.1 Å². The zero-order valence-corrected chi connectivity index (χ0v) is 15.1. The zero-order valence-electron chi connectivity index (χ0n) is 15.1. The molecule has 136 valence electrons. The van der Waals surface area contributed by atoms with E-state index in [2.05, 4.69) is 15.5 Å². The number of aryl methyl sites for hydroxylation is 2. The fraction of sp³-hybridized carbons (Fsp3) is 0.316. The fourth-order valence-electron chi connectivity index (χ4n) is 2.66. The van der Waals surface area contributed by atoms with Crippen LogP contribution in [0.5, 0.6) is 5.75 Å². The summed E-state index contributed by atoms with van der Waals surface area (Å²) in [6, 6.07) is 9.76. The smallest absolute Gasteiger partial charge is 0.220 e. The number of ether oxygens (including phenoxy) is 1. The largest absolute Gasteiger partial charge is 0.497 e. The van der Waals surface area contributed by atoms with Crippen LogP contribution in [-0.2, 0) is 24.9 Å². The molecule has 0 saturated heterocycles. The minimum atomic E-state index is 0.0261. The molecule has 1 N–H and O–H groups in total. The van der Waals surface area contributed by atoms with Gasteiger partial charge in [-0.25, -0.2) is 0 Å². The van der Waals surface area contributed by atoms with E-state index in [0.717, 1.165) is 29.0 Å². The van der Waals surface area contributed by atoms with Crippen molar-refractivity contribution in [2.24, 2.45) is 7.05 Å². The van der Waals surface area contributed by atoms with Crippen molar-refractivity contribution in [1.82, 2.24) is 24.9 Å². The van der Waals surface area contributed by atoms with Crippen molar-refractivity contribution in [3.63, 3.8) is 0 Å². The number of amides is 1. The van der Waals surface area contributed by atoms with Crippen molar-refractivity contribution < 1.29 is 9.53 Å². The van der Waals surface area contributed by atoms with Crippen LogP contribution >= 0.6 is 0 Å². The first-order valence-corrected chi connectivity index (χ1v) is 8.56. The maximum atomic E-state index is 11.9. The molecule has 3 rings (SSSR count). The average molecular weight is 353 g/mol. The Morgan fingerprint density at radius 3 is 2.69 bits per heavy atom. The Morgan fingerprint density at radius 2 is 2.00 bits per heavy atom. The van der Waals surface area contributed by atoms with Crippen LogP contribution in [0.1, 0.15) is 18.5 Å². The lowest BCUT2D eigenvalue weighted by Crippen LogP contribution is -2.23. The monoisotopic (exact) mass is 353 g/mol. The van der Waals surface area contributed by atoms with Crippen LogP contribution in [0.15, 0.2) is 48.9 Å². The summed E-state index contributed by atoms with van der Waals surface area (Å²) in [7, 11) is 3.51. The highest BCUT2D eigenvalue weighted by molar-refractivity contribution is 5.75. The molecule has 0 aliphatic heterocycles. The van der Waals surface area contributed by atoms with Crippen LogP contribution in [0.3, 0.4) is 0 Å². The maximum absolute atomic E-state index is 11.9. The summed E-state index contributed by atoms with van der Waals surface area (Å²) in [6.45, 7) is 1.16. The molecule has 7 nitrogen and oxygen atoms in total. The van der Waals surface area contributed by atoms with Gasteiger partial charge in [0.2, 0.25) is 5.91 Å². The van der Waals surface area contributed by atoms with Crippen molar-refractivity contribution >= 4 is 5.91 Å². The predicted octanol–water partition coefficient (Wildman–Crippen LogP) is 2.39. The molecule has 1 amide bonds. The molecule has 0 fully saturated rings. The Labute approximate surface area is 152 Å². The van der Waals surface area contributed by atoms with Crippen molar-refractivity contribution in [3.8, 4) is 16.9 Å². The minimum absolute atomic E-state index is 0.0261. The number of hydrogen-bond donors (Lipinski definition) is 1. The Bertz CT molecular complexity index is 851. The average Bonchev–Trinajstić information content (AvgIpc) is 3.29. The molecule has 0 atom stereocenters. The first-order chi connectivity index (χ1) is 12.6. The normalized spacial score (nSPS) is 10.7. The third-order valence-electron chi connectivity index (χ3n) is 4.08. The molecule has 2 heterocycles. The molecule has 26 heavy (non-hydrogen) atoms. The van der Waals surface area contributed by atoms with Gasteiger partial charge in [0.25, 0.3) is 0 Å². The number of methoxy groups -OCH3 is 1. The number of rotatable bonds is 8. The van der Waals surface area contributed by atoms with Gasteiger partial charge in [0.05, 0.1) is 25.5 Å². The molecule has 3 aromatic rings. The van der Waals surface area contributed by atoms with Gasteiger partial charge in [-0.2, -0.15) is 10.2 Å². The van der Waals surface area contributed by atoms with E-state index in [0.29, 0.717) is 19.5 Å². The van der Waals surface area contributed by atoms with E-state index in [1.54, 1.807) is 11.8 Å². The summed E-state index contributed by atoms with van der Waals surface area (Å²) in [5.41, 5.74) is 2.99. The molecule has 0 bridgehead atoms. The molecular formula is C19H23N5O2. The SMILES string of the molecule is COc1ccc(-c2cnn(CCCC(=O)NCc3ccn(C)n3)c2)cc1. The van der Waals surface area contributed by atoms with E-state index in [-0.39, 0.29) is 5.91 Å².